The molecule has 1 aromatic heterocycles. The number of thiophene rings is 1. The van der Waals surface area contributed by atoms with Crippen LogP contribution in [0.25, 0.3) is 0 Å². The number of benzene rings is 1. The van der Waals surface area contributed by atoms with Crippen molar-refractivity contribution >= 4 is 23.1 Å². The molecule has 1 aliphatic carbocycles. The van der Waals surface area contributed by atoms with E-state index in [-0.39, 0.29) is 12.4 Å². The number of fused-ring (bicyclic) bond motifs is 1. The SMILES string of the molecule is COc1ccc(C(=O)COC(=O)c2cc3c(s2)CC[C@H](C)C3)cc1OC. The van der Waals surface area contributed by atoms with Crippen LogP contribution >= 0.6 is 11.3 Å². The van der Waals surface area contributed by atoms with Gasteiger partial charge in [0.25, 0.3) is 0 Å². The molecule has 6 heteroatoms. The fourth-order valence-corrected chi connectivity index (χ4v) is 4.20. The first-order valence-electron chi connectivity index (χ1n) is 8.55. The van der Waals surface area contributed by atoms with E-state index in [1.165, 1.54) is 36.0 Å². The standard InChI is InChI=1S/C20H22O5S/c1-12-4-7-18-14(8-12)10-19(26-18)20(22)25-11-15(21)13-5-6-16(23-2)17(9-13)24-3/h5-6,9-10,12H,4,7-8,11H2,1-3H3/t12-/m0/s1. The molecule has 0 saturated heterocycles. The van der Waals surface area contributed by atoms with Gasteiger partial charge in [-0.15, -0.1) is 11.3 Å². The molecule has 2 aromatic rings. The van der Waals surface area contributed by atoms with Crippen LogP contribution in [0.1, 0.15) is 43.8 Å². The van der Waals surface area contributed by atoms with E-state index < -0.39 is 5.97 Å². The topological polar surface area (TPSA) is 61.8 Å². The minimum absolute atomic E-state index is 0.283. The van der Waals surface area contributed by atoms with E-state index in [1.807, 2.05) is 6.07 Å². The Hall–Kier alpha value is -2.34. The third kappa shape index (κ3) is 3.90. The first kappa shape index (κ1) is 18.5. The van der Waals surface area contributed by atoms with Gasteiger partial charge in [0.05, 0.1) is 14.2 Å². The Morgan fingerprint density at radius 1 is 1.15 bits per heavy atom. The smallest absolute Gasteiger partial charge is 0.348 e. The van der Waals surface area contributed by atoms with Crippen LogP contribution in [0.2, 0.25) is 0 Å². The van der Waals surface area contributed by atoms with E-state index in [0.29, 0.717) is 27.9 Å². The monoisotopic (exact) mass is 374 g/mol. The van der Waals surface area contributed by atoms with Crippen molar-refractivity contribution in [2.45, 2.75) is 26.2 Å². The van der Waals surface area contributed by atoms with Crippen LogP contribution in [0.5, 0.6) is 11.5 Å². The van der Waals surface area contributed by atoms with Crippen LogP contribution in [-0.4, -0.2) is 32.6 Å². The van der Waals surface area contributed by atoms with Crippen molar-refractivity contribution in [3.8, 4) is 11.5 Å². The van der Waals surface area contributed by atoms with Crippen molar-refractivity contribution in [2.24, 2.45) is 5.92 Å². The largest absolute Gasteiger partial charge is 0.493 e. The molecule has 0 bridgehead atoms. The Balaban J connectivity index is 1.63. The van der Waals surface area contributed by atoms with Crippen molar-refractivity contribution in [1.29, 1.82) is 0 Å². The highest BCUT2D eigenvalue weighted by molar-refractivity contribution is 7.14. The second-order valence-corrected chi connectivity index (χ2v) is 7.61. The van der Waals surface area contributed by atoms with Crippen molar-refractivity contribution in [3.63, 3.8) is 0 Å². The average Bonchev–Trinajstić information content (AvgIpc) is 3.08. The average molecular weight is 374 g/mol. The second-order valence-electron chi connectivity index (χ2n) is 6.48. The van der Waals surface area contributed by atoms with Crippen molar-refractivity contribution in [2.75, 3.05) is 20.8 Å². The number of ether oxygens (including phenoxy) is 3. The summed E-state index contributed by atoms with van der Waals surface area (Å²) in [4.78, 5) is 26.4. The van der Waals surface area contributed by atoms with Crippen LogP contribution in [-0.2, 0) is 17.6 Å². The lowest BCUT2D eigenvalue weighted by atomic mass is 9.90. The molecular weight excluding hydrogens is 352 g/mol. The van der Waals surface area contributed by atoms with Crippen molar-refractivity contribution in [3.05, 3.63) is 45.1 Å². The molecule has 0 spiro atoms. The number of methoxy groups -OCH3 is 2. The van der Waals surface area contributed by atoms with E-state index in [4.69, 9.17) is 14.2 Å². The van der Waals surface area contributed by atoms with Gasteiger partial charge in [0.1, 0.15) is 4.88 Å². The molecule has 1 aliphatic rings. The van der Waals surface area contributed by atoms with E-state index in [9.17, 15) is 9.59 Å². The lowest BCUT2D eigenvalue weighted by Crippen LogP contribution is -2.13. The van der Waals surface area contributed by atoms with E-state index in [0.717, 1.165) is 19.3 Å². The maximum Gasteiger partial charge on any atom is 0.348 e. The van der Waals surface area contributed by atoms with Crippen molar-refractivity contribution < 1.29 is 23.8 Å². The number of carbonyl (C=O) groups is 2. The van der Waals surface area contributed by atoms with Gasteiger partial charge in [-0.05, 0) is 55.0 Å². The third-order valence-corrected chi connectivity index (χ3v) is 5.79. The summed E-state index contributed by atoms with van der Waals surface area (Å²) in [5, 5.41) is 0. The highest BCUT2D eigenvalue weighted by Gasteiger charge is 2.22. The zero-order chi connectivity index (χ0) is 18.7. The molecule has 0 saturated carbocycles. The molecule has 0 fully saturated rings. The number of rotatable bonds is 6. The zero-order valence-electron chi connectivity index (χ0n) is 15.2. The van der Waals surface area contributed by atoms with Gasteiger partial charge in [-0.1, -0.05) is 6.92 Å². The predicted octanol–water partition coefficient (Wildman–Crippen LogP) is 3.93. The summed E-state index contributed by atoms with van der Waals surface area (Å²) >= 11 is 1.48. The van der Waals surface area contributed by atoms with Crippen LogP contribution in [0, 0.1) is 5.92 Å². The quantitative estimate of drug-likeness (QED) is 0.566. The molecule has 0 aliphatic heterocycles. The maximum absolute atomic E-state index is 12.3. The summed E-state index contributed by atoms with van der Waals surface area (Å²) in [6, 6.07) is 6.78. The summed E-state index contributed by atoms with van der Waals surface area (Å²) in [6.45, 7) is 1.92. The molecular formula is C20H22O5S. The summed E-state index contributed by atoms with van der Waals surface area (Å²) in [5.74, 6) is 0.928. The fourth-order valence-electron chi connectivity index (χ4n) is 3.10. The molecule has 26 heavy (non-hydrogen) atoms. The van der Waals surface area contributed by atoms with Gasteiger partial charge in [0.15, 0.2) is 23.9 Å². The van der Waals surface area contributed by atoms with E-state index in [1.54, 1.807) is 18.2 Å². The van der Waals surface area contributed by atoms with Crippen LogP contribution in [0.15, 0.2) is 24.3 Å². The van der Waals surface area contributed by atoms with Gasteiger partial charge in [-0.25, -0.2) is 4.79 Å². The molecule has 3 rings (SSSR count). The summed E-state index contributed by atoms with van der Waals surface area (Å²) in [6.07, 6.45) is 3.17. The lowest BCUT2D eigenvalue weighted by Gasteiger charge is -2.16. The van der Waals surface area contributed by atoms with Crippen LogP contribution in [0.3, 0.4) is 0 Å². The minimum atomic E-state index is -0.439. The van der Waals surface area contributed by atoms with Gasteiger partial charge < -0.3 is 14.2 Å². The molecule has 0 radical (unpaired) electrons. The normalized spacial score (nSPS) is 15.9. The number of Topliss-reactive ketones (excluding diaryl/α,β-unsaturated/α-hetero) is 1. The Bertz CT molecular complexity index is 824. The lowest BCUT2D eigenvalue weighted by molar-refractivity contribution is 0.0479. The van der Waals surface area contributed by atoms with Crippen LogP contribution < -0.4 is 9.47 Å². The van der Waals surface area contributed by atoms with E-state index >= 15 is 0 Å². The first-order chi connectivity index (χ1) is 12.5. The van der Waals surface area contributed by atoms with Gasteiger partial charge in [-0.2, -0.15) is 0 Å². The first-order valence-corrected chi connectivity index (χ1v) is 9.37. The van der Waals surface area contributed by atoms with Gasteiger partial charge in [0.2, 0.25) is 0 Å². The van der Waals surface area contributed by atoms with Gasteiger partial charge in [0, 0.05) is 10.4 Å². The highest BCUT2D eigenvalue weighted by Crippen LogP contribution is 2.32. The molecule has 1 atom stereocenters. The molecule has 0 amide bonds. The van der Waals surface area contributed by atoms with Gasteiger partial charge >= 0.3 is 5.97 Å². The summed E-state index contributed by atoms with van der Waals surface area (Å²) < 4.78 is 15.6. The molecule has 1 heterocycles. The number of hydrogen-bond donors (Lipinski definition) is 0. The molecule has 138 valence electrons. The predicted molar refractivity (Wildman–Crippen MR) is 99.7 cm³/mol. The summed E-state index contributed by atoms with van der Waals surface area (Å²) in [7, 11) is 3.04. The van der Waals surface area contributed by atoms with Crippen LogP contribution in [0.4, 0.5) is 0 Å². The minimum Gasteiger partial charge on any atom is -0.493 e. The Labute approximate surface area is 156 Å². The fraction of sp³-hybridized carbons (Fsp3) is 0.400. The number of esters is 1. The Morgan fingerprint density at radius 2 is 1.92 bits per heavy atom. The number of ketones is 1. The third-order valence-electron chi connectivity index (χ3n) is 4.57. The Morgan fingerprint density at radius 3 is 2.65 bits per heavy atom. The van der Waals surface area contributed by atoms with Crippen molar-refractivity contribution in [1.82, 2.24) is 0 Å². The molecule has 0 N–H and O–H groups in total. The second kappa shape index (κ2) is 7.91. The summed E-state index contributed by atoms with van der Waals surface area (Å²) in [5.41, 5.74) is 1.65. The zero-order valence-corrected chi connectivity index (χ0v) is 16.0. The maximum atomic E-state index is 12.3. The highest BCUT2D eigenvalue weighted by atomic mass is 32.1. The molecule has 1 aromatic carbocycles. The Kier molecular flexibility index (Phi) is 5.61. The molecule has 0 unspecified atom stereocenters. The number of hydrogen-bond acceptors (Lipinski definition) is 6. The van der Waals surface area contributed by atoms with Gasteiger partial charge in [-0.3, -0.25) is 4.79 Å². The number of carbonyl (C=O) groups excluding carboxylic acids is 2. The van der Waals surface area contributed by atoms with E-state index in [2.05, 4.69) is 6.92 Å². The molecule has 5 nitrogen and oxygen atoms in total. The number of aryl methyl sites for hydroxylation is 1.